The Morgan fingerprint density at radius 3 is 2.44 bits per heavy atom. The summed E-state index contributed by atoms with van der Waals surface area (Å²) in [6, 6.07) is 8.09. The van der Waals surface area contributed by atoms with Crippen molar-refractivity contribution >= 4 is 23.2 Å². The van der Waals surface area contributed by atoms with E-state index in [4.69, 9.17) is 4.74 Å². The van der Waals surface area contributed by atoms with Crippen LogP contribution in [0.25, 0.3) is 0 Å². The average molecular weight is 373 g/mol. The van der Waals surface area contributed by atoms with E-state index in [1.165, 1.54) is 0 Å². The number of alkyl halides is 3. The SMILES string of the molecule is O=C(COC(=O)c1ccc(OC(F)(F)F)cc1)NCCc1cccs1. The molecule has 0 aliphatic heterocycles. The maximum absolute atomic E-state index is 12.0. The molecule has 1 heterocycles. The van der Waals surface area contributed by atoms with Gasteiger partial charge in [0.1, 0.15) is 5.75 Å². The molecular formula is C16H14F3NO4S. The minimum atomic E-state index is -4.80. The summed E-state index contributed by atoms with van der Waals surface area (Å²) in [7, 11) is 0. The fraction of sp³-hybridized carbons (Fsp3) is 0.250. The quantitative estimate of drug-likeness (QED) is 0.758. The van der Waals surface area contributed by atoms with Crippen LogP contribution in [-0.2, 0) is 16.0 Å². The van der Waals surface area contributed by atoms with E-state index in [1.54, 1.807) is 11.3 Å². The molecule has 0 fully saturated rings. The van der Waals surface area contributed by atoms with Gasteiger partial charge >= 0.3 is 12.3 Å². The van der Waals surface area contributed by atoms with Crippen molar-refractivity contribution in [3.05, 3.63) is 52.2 Å². The van der Waals surface area contributed by atoms with Gasteiger partial charge in [0.15, 0.2) is 6.61 Å². The lowest BCUT2D eigenvalue weighted by molar-refractivity contribution is -0.274. The van der Waals surface area contributed by atoms with Crippen LogP contribution in [0.3, 0.4) is 0 Å². The first-order valence-corrected chi connectivity index (χ1v) is 8.03. The number of esters is 1. The highest BCUT2D eigenvalue weighted by atomic mass is 32.1. The fourth-order valence-electron chi connectivity index (χ4n) is 1.84. The van der Waals surface area contributed by atoms with Gasteiger partial charge in [0.2, 0.25) is 0 Å². The first-order chi connectivity index (χ1) is 11.8. The summed E-state index contributed by atoms with van der Waals surface area (Å²) in [4.78, 5) is 24.5. The van der Waals surface area contributed by atoms with Crippen molar-refractivity contribution in [1.29, 1.82) is 0 Å². The van der Waals surface area contributed by atoms with E-state index in [9.17, 15) is 22.8 Å². The number of hydrogen-bond donors (Lipinski definition) is 1. The van der Waals surface area contributed by atoms with Crippen molar-refractivity contribution in [3.8, 4) is 5.75 Å². The van der Waals surface area contributed by atoms with Gasteiger partial charge in [-0.25, -0.2) is 4.79 Å². The molecule has 0 spiro atoms. The largest absolute Gasteiger partial charge is 0.573 e. The van der Waals surface area contributed by atoms with Crippen molar-refractivity contribution in [3.63, 3.8) is 0 Å². The maximum atomic E-state index is 12.0. The predicted molar refractivity (Wildman–Crippen MR) is 84.4 cm³/mol. The number of amides is 1. The summed E-state index contributed by atoms with van der Waals surface area (Å²) in [6.07, 6.45) is -4.12. The molecule has 2 rings (SSSR count). The summed E-state index contributed by atoms with van der Waals surface area (Å²) < 4.78 is 44.6. The van der Waals surface area contributed by atoms with Crippen LogP contribution >= 0.6 is 11.3 Å². The predicted octanol–water partition coefficient (Wildman–Crippen LogP) is 3.16. The van der Waals surface area contributed by atoms with E-state index in [1.807, 2.05) is 17.5 Å². The Hall–Kier alpha value is -2.55. The molecule has 0 atom stereocenters. The topological polar surface area (TPSA) is 64.6 Å². The van der Waals surface area contributed by atoms with Gasteiger partial charge in [-0.05, 0) is 42.1 Å². The number of nitrogens with one attached hydrogen (secondary N) is 1. The number of rotatable bonds is 7. The van der Waals surface area contributed by atoms with E-state index in [0.717, 1.165) is 29.1 Å². The Labute approximate surface area is 145 Å². The summed E-state index contributed by atoms with van der Waals surface area (Å²) in [5.74, 6) is -1.72. The molecule has 134 valence electrons. The highest BCUT2D eigenvalue weighted by Crippen LogP contribution is 2.22. The van der Waals surface area contributed by atoms with Crippen LogP contribution in [0, 0.1) is 0 Å². The third-order valence-electron chi connectivity index (χ3n) is 2.93. The van der Waals surface area contributed by atoms with Crippen molar-refractivity contribution in [2.24, 2.45) is 0 Å². The molecule has 1 amide bonds. The minimum absolute atomic E-state index is 0.0147. The van der Waals surface area contributed by atoms with Crippen LogP contribution in [0.2, 0.25) is 0 Å². The number of carbonyl (C=O) groups is 2. The number of thiophene rings is 1. The molecule has 2 aromatic rings. The molecule has 0 unspecified atom stereocenters. The number of benzene rings is 1. The molecule has 25 heavy (non-hydrogen) atoms. The van der Waals surface area contributed by atoms with Gasteiger partial charge in [0.25, 0.3) is 5.91 Å². The Morgan fingerprint density at radius 2 is 1.84 bits per heavy atom. The van der Waals surface area contributed by atoms with Crippen LogP contribution in [-0.4, -0.2) is 31.4 Å². The molecule has 0 aliphatic carbocycles. The summed E-state index contributed by atoms with van der Waals surface area (Å²) in [5.41, 5.74) is 0.0147. The van der Waals surface area contributed by atoms with Gasteiger partial charge in [-0.1, -0.05) is 6.07 Å². The monoisotopic (exact) mass is 373 g/mol. The first kappa shape index (κ1) is 18.8. The van der Waals surface area contributed by atoms with E-state index in [2.05, 4.69) is 10.1 Å². The van der Waals surface area contributed by atoms with E-state index < -0.39 is 30.6 Å². The second kappa shape index (κ2) is 8.52. The second-order valence-corrected chi connectivity index (χ2v) is 5.86. The highest BCUT2D eigenvalue weighted by Gasteiger charge is 2.31. The number of hydrogen-bond acceptors (Lipinski definition) is 5. The Kier molecular flexibility index (Phi) is 6.40. The number of halogens is 3. The van der Waals surface area contributed by atoms with Gasteiger partial charge in [-0.3, -0.25) is 4.79 Å². The van der Waals surface area contributed by atoms with Crippen molar-refractivity contribution < 1.29 is 32.2 Å². The zero-order valence-electron chi connectivity index (χ0n) is 12.8. The van der Waals surface area contributed by atoms with Crippen molar-refractivity contribution in [2.45, 2.75) is 12.8 Å². The normalized spacial score (nSPS) is 11.0. The van der Waals surface area contributed by atoms with Crippen molar-refractivity contribution in [1.82, 2.24) is 5.32 Å². The van der Waals surface area contributed by atoms with E-state index >= 15 is 0 Å². The minimum Gasteiger partial charge on any atom is -0.452 e. The number of ether oxygens (including phenoxy) is 2. The molecule has 0 saturated heterocycles. The number of carbonyl (C=O) groups excluding carboxylic acids is 2. The van der Waals surface area contributed by atoms with Gasteiger partial charge < -0.3 is 14.8 Å². The van der Waals surface area contributed by atoms with Crippen molar-refractivity contribution in [2.75, 3.05) is 13.2 Å². The fourth-order valence-corrected chi connectivity index (χ4v) is 2.55. The first-order valence-electron chi connectivity index (χ1n) is 7.15. The zero-order chi connectivity index (χ0) is 18.3. The van der Waals surface area contributed by atoms with E-state index in [-0.39, 0.29) is 5.56 Å². The maximum Gasteiger partial charge on any atom is 0.573 e. The molecule has 1 N–H and O–H groups in total. The molecule has 5 nitrogen and oxygen atoms in total. The molecule has 0 aliphatic rings. The third-order valence-corrected chi connectivity index (χ3v) is 3.87. The Bertz CT molecular complexity index is 699. The molecule has 0 radical (unpaired) electrons. The highest BCUT2D eigenvalue weighted by molar-refractivity contribution is 7.09. The lowest BCUT2D eigenvalue weighted by Crippen LogP contribution is -2.30. The lowest BCUT2D eigenvalue weighted by atomic mass is 10.2. The lowest BCUT2D eigenvalue weighted by Gasteiger charge is -2.09. The van der Waals surface area contributed by atoms with Gasteiger partial charge in [0, 0.05) is 11.4 Å². The van der Waals surface area contributed by atoms with Crippen LogP contribution in [0.4, 0.5) is 13.2 Å². The molecule has 0 saturated carbocycles. The van der Waals surface area contributed by atoms with Crippen LogP contribution < -0.4 is 10.1 Å². The summed E-state index contributed by atoms with van der Waals surface area (Å²) in [6.45, 7) is -0.0511. The average Bonchev–Trinajstić information content (AvgIpc) is 3.05. The molecule has 0 bridgehead atoms. The summed E-state index contributed by atoms with van der Waals surface area (Å²) in [5, 5.41) is 4.54. The van der Waals surface area contributed by atoms with Crippen LogP contribution in [0.1, 0.15) is 15.2 Å². The van der Waals surface area contributed by atoms with E-state index in [0.29, 0.717) is 13.0 Å². The smallest absolute Gasteiger partial charge is 0.452 e. The zero-order valence-corrected chi connectivity index (χ0v) is 13.7. The van der Waals surface area contributed by atoms with Crippen LogP contribution in [0.15, 0.2) is 41.8 Å². The van der Waals surface area contributed by atoms with Gasteiger partial charge in [-0.2, -0.15) is 0 Å². The molecule has 9 heteroatoms. The third kappa shape index (κ3) is 6.84. The summed E-state index contributed by atoms with van der Waals surface area (Å²) >= 11 is 1.58. The standard InChI is InChI=1S/C16H14F3NO4S/c17-16(18,19)24-12-5-3-11(4-6-12)15(22)23-10-14(21)20-8-7-13-2-1-9-25-13/h1-6,9H,7-8,10H2,(H,20,21). The Morgan fingerprint density at radius 1 is 1.12 bits per heavy atom. The van der Waals surface area contributed by atoms with Gasteiger partial charge in [-0.15, -0.1) is 24.5 Å². The second-order valence-electron chi connectivity index (χ2n) is 4.83. The van der Waals surface area contributed by atoms with Crippen LogP contribution in [0.5, 0.6) is 5.75 Å². The Balaban J connectivity index is 1.72. The van der Waals surface area contributed by atoms with Gasteiger partial charge in [0.05, 0.1) is 5.56 Å². The molecular weight excluding hydrogens is 359 g/mol. The molecule has 1 aromatic carbocycles. The molecule has 1 aromatic heterocycles.